The molecule has 0 aromatic heterocycles. The second kappa shape index (κ2) is 8.71. The van der Waals surface area contributed by atoms with Crippen molar-refractivity contribution >= 4 is 46.5 Å². The van der Waals surface area contributed by atoms with E-state index in [0.717, 1.165) is 12.2 Å². The molecule has 15 heteroatoms. The van der Waals surface area contributed by atoms with Crippen molar-refractivity contribution in [2.45, 2.75) is 11.0 Å². The first-order chi connectivity index (χ1) is 15.1. The van der Waals surface area contributed by atoms with E-state index in [4.69, 9.17) is 0 Å². The van der Waals surface area contributed by atoms with E-state index in [1.54, 1.807) is 0 Å². The van der Waals surface area contributed by atoms with Gasteiger partial charge in [-0.15, -0.1) is 0 Å². The maximum absolute atomic E-state index is 13.2. The van der Waals surface area contributed by atoms with E-state index in [1.165, 1.54) is 60.7 Å². The predicted molar refractivity (Wildman–Crippen MR) is 107 cm³/mol. The van der Waals surface area contributed by atoms with Crippen LogP contribution in [-0.4, -0.2) is 46.9 Å². The Bertz CT molecular complexity index is 1200. The van der Waals surface area contributed by atoms with Gasteiger partial charge in [-0.3, -0.25) is 0 Å². The van der Waals surface area contributed by atoms with E-state index in [0.29, 0.717) is 0 Å². The number of alkyl halides is 6. The summed E-state index contributed by atoms with van der Waals surface area (Å²) in [6.07, 6.45) is 1.99. The van der Waals surface area contributed by atoms with Crippen molar-refractivity contribution in [1.29, 1.82) is 0 Å². The monoisotopic (exact) mass is 632 g/mol. The van der Waals surface area contributed by atoms with Crippen molar-refractivity contribution in [2.24, 2.45) is 0 Å². The van der Waals surface area contributed by atoms with Crippen LogP contribution in [0, 0.1) is 0 Å². The molecule has 1 aliphatic rings. The first-order valence-corrected chi connectivity index (χ1v) is 15.6. The van der Waals surface area contributed by atoms with E-state index in [2.05, 4.69) is 5.09 Å². The zero-order chi connectivity index (χ0) is 24.7. The van der Waals surface area contributed by atoms with Crippen LogP contribution in [0.25, 0.3) is 7.24 Å². The van der Waals surface area contributed by atoms with Crippen molar-refractivity contribution in [3.8, 4) is 0 Å². The molecule has 2 aromatic rings. The fourth-order valence-corrected chi connectivity index (χ4v) is 17.1. The van der Waals surface area contributed by atoms with Gasteiger partial charge >= 0.3 is 190 Å². The Morgan fingerprint density at radius 2 is 0.879 bits per heavy atom. The van der Waals surface area contributed by atoms with Gasteiger partial charge in [-0.05, 0) is 0 Å². The Kier molecular flexibility index (Phi) is 6.79. The summed E-state index contributed by atoms with van der Waals surface area (Å²) in [7, 11) is -13.2. The molecule has 0 saturated carbocycles. The van der Waals surface area contributed by atoms with Gasteiger partial charge in [-0.2, -0.15) is 0 Å². The average molecular weight is 630 g/mol. The average Bonchev–Trinajstić information content (AvgIpc) is 3.04. The van der Waals surface area contributed by atoms with Crippen LogP contribution in [0.4, 0.5) is 26.3 Å². The molecule has 180 valence electrons. The molecule has 2 aromatic carbocycles. The van der Waals surface area contributed by atoms with Crippen molar-refractivity contribution < 1.29 is 48.3 Å². The fraction of sp³-hybridized carbons (Fsp3) is 0.111. The van der Waals surface area contributed by atoms with Gasteiger partial charge in [-0.1, -0.05) is 0 Å². The van der Waals surface area contributed by atoms with E-state index in [-0.39, 0.29) is 11.1 Å². The molecule has 3 rings (SSSR count). The summed E-state index contributed by atoms with van der Waals surface area (Å²) in [5.74, 6) is 0. The number of rotatable bonds is 6. The molecule has 0 saturated heterocycles. The van der Waals surface area contributed by atoms with E-state index in [1.807, 2.05) is 0 Å². The third-order valence-corrected chi connectivity index (χ3v) is 17.7. The quantitative estimate of drug-likeness (QED) is 0.267. The summed E-state index contributed by atoms with van der Waals surface area (Å²) < 4.78 is 135. The Morgan fingerprint density at radius 3 is 1.15 bits per heavy atom. The molecule has 0 N–H and O–H groups in total. The summed E-state index contributed by atoms with van der Waals surface area (Å²) in [5.41, 5.74) is -12.3. The third-order valence-electron chi connectivity index (χ3n) is 4.02. The van der Waals surface area contributed by atoms with Crippen LogP contribution in [-0.2, 0) is 25.3 Å². The molecule has 0 atom stereocenters. The Labute approximate surface area is 189 Å². The van der Waals surface area contributed by atoms with Gasteiger partial charge in [0.05, 0.1) is 0 Å². The number of hydrogen-bond donors (Lipinski definition) is 0. The second-order valence-corrected chi connectivity index (χ2v) is 17.0. The van der Waals surface area contributed by atoms with Gasteiger partial charge in [0, 0.05) is 0 Å². The molecular weight excluding hydrogens is 618 g/mol. The molecule has 0 aliphatic carbocycles. The molecule has 0 amide bonds. The molecule has 1 aliphatic heterocycles. The topological polar surface area (TPSA) is 86.7 Å². The number of allylic oxidation sites excluding steroid dienone is 2. The third kappa shape index (κ3) is 4.98. The van der Waals surface area contributed by atoms with Crippen LogP contribution in [0.15, 0.2) is 72.8 Å². The standard InChI is InChI=1S/C18H12F6O6S2Te/c19-17(20,21)31(25,26)29-33(30-32(27,28)18(22,23)24)15(13-7-3-1-4-8-13)11-12-16(33)14-9-5-2-6-10-14/h1-12H. The summed E-state index contributed by atoms with van der Waals surface area (Å²) >= 11 is -6.52. The van der Waals surface area contributed by atoms with Crippen molar-refractivity contribution in [3.63, 3.8) is 0 Å². The fourth-order valence-electron chi connectivity index (χ4n) is 2.64. The summed E-state index contributed by atoms with van der Waals surface area (Å²) in [4.78, 5) is 0. The van der Waals surface area contributed by atoms with Gasteiger partial charge in [0.25, 0.3) is 0 Å². The normalized spacial score (nSPS) is 17.9. The van der Waals surface area contributed by atoms with Gasteiger partial charge in [0.2, 0.25) is 0 Å². The zero-order valence-electron chi connectivity index (χ0n) is 15.9. The molecule has 0 radical (unpaired) electrons. The second-order valence-electron chi connectivity index (χ2n) is 6.23. The number of hydrogen-bond acceptors (Lipinski definition) is 6. The van der Waals surface area contributed by atoms with Crippen LogP contribution >= 0.6 is 0 Å². The van der Waals surface area contributed by atoms with Crippen LogP contribution < -0.4 is 0 Å². The minimum atomic E-state index is -6.59. The van der Waals surface area contributed by atoms with Crippen molar-refractivity contribution in [1.82, 2.24) is 0 Å². The molecular formula is C18H12F6O6S2Te. The van der Waals surface area contributed by atoms with Gasteiger partial charge in [0.1, 0.15) is 0 Å². The van der Waals surface area contributed by atoms with Gasteiger partial charge < -0.3 is 0 Å². The molecule has 1 heterocycles. The van der Waals surface area contributed by atoms with Gasteiger partial charge in [-0.25, -0.2) is 0 Å². The Morgan fingerprint density at radius 1 is 0.576 bits per heavy atom. The molecule has 0 unspecified atom stereocenters. The minimum absolute atomic E-state index is 0.0735. The molecule has 0 bridgehead atoms. The number of halogens is 6. The Balaban J connectivity index is 2.35. The predicted octanol–water partition coefficient (Wildman–Crippen LogP) is 4.42. The maximum atomic E-state index is 13.2. The van der Waals surface area contributed by atoms with Crippen LogP contribution in [0.2, 0.25) is 0 Å². The number of benzene rings is 2. The first kappa shape index (κ1) is 25.7. The van der Waals surface area contributed by atoms with Gasteiger partial charge in [0.15, 0.2) is 0 Å². The molecule has 33 heavy (non-hydrogen) atoms. The summed E-state index contributed by atoms with van der Waals surface area (Å²) in [6, 6.07) is 13.3. The zero-order valence-corrected chi connectivity index (χ0v) is 19.8. The van der Waals surface area contributed by atoms with E-state index in [9.17, 15) is 43.2 Å². The van der Waals surface area contributed by atoms with E-state index >= 15 is 0 Å². The van der Waals surface area contributed by atoms with Crippen LogP contribution in [0.3, 0.4) is 0 Å². The summed E-state index contributed by atoms with van der Waals surface area (Å²) in [5, 5.41) is 0. The first-order valence-electron chi connectivity index (χ1n) is 8.52. The summed E-state index contributed by atoms with van der Waals surface area (Å²) in [6.45, 7) is 0. The molecule has 0 fully saturated rings. The molecule has 6 nitrogen and oxygen atoms in total. The Hall–Kier alpha value is -1.89. The molecule has 0 spiro atoms. The van der Waals surface area contributed by atoms with Crippen LogP contribution in [0.5, 0.6) is 0 Å². The van der Waals surface area contributed by atoms with Crippen molar-refractivity contribution in [2.75, 3.05) is 0 Å². The van der Waals surface area contributed by atoms with Crippen molar-refractivity contribution in [3.05, 3.63) is 83.9 Å². The SMILES string of the molecule is O=S(=O)(O[Te]1(OS(=O)(=O)C(F)(F)F)C(c2ccccc2)=CC=C1c1ccccc1)C(F)(F)F. The van der Waals surface area contributed by atoms with E-state index < -0.39 is 57.5 Å². The van der Waals surface area contributed by atoms with Crippen LogP contribution in [0.1, 0.15) is 11.1 Å².